The molecule has 1 aromatic rings. The number of methoxy groups -OCH3 is 1. The molecule has 0 radical (unpaired) electrons. The van der Waals surface area contributed by atoms with E-state index in [1.165, 1.54) is 12.1 Å². The van der Waals surface area contributed by atoms with Crippen LogP contribution in [0.15, 0.2) is 18.2 Å². The Bertz CT molecular complexity index is 538. The number of amides is 1. The predicted molar refractivity (Wildman–Crippen MR) is 82.8 cm³/mol. The average molecular weight is 307 g/mol. The van der Waals surface area contributed by atoms with Crippen molar-refractivity contribution in [1.82, 2.24) is 10.2 Å². The van der Waals surface area contributed by atoms with Crippen LogP contribution in [0.25, 0.3) is 0 Å². The predicted octanol–water partition coefficient (Wildman–Crippen LogP) is 1.23. The summed E-state index contributed by atoms with van der Waals surface area (Å²) < 4.78 is 18.5. The summed E-state index contributed by atoms with van der Waals surface area (Å²) >= 11 is 0. The van der Waals surface area contributed by atoms with Crippen LogP contribution in [0.4, 0.5) is 10.1 Å². The topological polar surface area (TPSA) is 44.8 Å². The molecule has 22 heavy (non-hydrogen) atoms. The lowest BCUT2D eigenvalue weighted by molar-refractivity contribution is -0.133. The Morgan fingerprint density at radius 1 is 1.32 bits per heavy atom. The van der Waals surface area contributed by atoms with Crippen LogP contribution < -0.4 is 15.0 Å². The first-order valence-electron chi connectivity index (χ1n) is 7.79. The van der Waals surface area contributed by atoms with Crippen LogP contribution in [-0.2, 0) is 4.79 Å². The average Bonchev–Trinajstić information content (AvgIpc) is 3.08. The van der Waals surface area contributed by atoms with Gasteiger partial charge in [0, 0.05) is 32.2 Å². The number of rotatable bonds is 3. The maximum Gasteiger partial charge on any atom is 0.239 e. The van der Waals surface area contributed by atoms with Gasteiger partial charge in [0.1, 0.15) is 11.6 Å². The lowest BCUT2D eigenvalue weighted by Gasteiger charge is -2.37. The van der Waals surface area contributed by atoms with Gasteiger partial charge in [-0.15, -0.1) is 0 Å². The molecule has 1 amide bonds. The van der Waals surface area contributed by atoms with E-state index in [2.05, 4.69) is 10.2 Å². The number of anilines is 1. The monoisotopic (exact) mass is 307 g/mol. The zero-order valence-corrected chi connectivity index (χ0v) is 12.8. The van der Waals surface area contributed by atoms with Gasteiger partial charge in [-0.05, 0) is 31.5 Å². The summed E-state index contributed by atoms with van der Waals surface area (Å²) in [6.45, 7) is 3.79. The molecule has 2 fully saturated rings. The van der Waals surface area contributed by atoms with Gasteiger partial charge < -0.3 is 19.9 Å². The third kappa shape index (κ3) is 3.02. The SMILES string of the molecule is COc1cc(F)ccc1N1CCN(C(=O)C2CCCN2)CC1. The van der Waals surface area contributed by atoms with Gasteiger partial charge in [0.05, 0.1) is 18.8 Å². The van der Waals surface area contributed by atoms with Crippen molar-refractivity contribution >= 4 is 11.6 Å². The Morgan fingerprint density at radius 3 is 2.73 bits per heavy atom. The summed E-state index contributed by atoms with van der Waals surface area (Å²) in [6.07, 6.45) is 2.01. The van der Waals surface area contributed by atoms with Gasteiger partial charge in [-0.3, -0.25) is 4.79 Å². The summed E-state index contributed by atoms with van der Waals surface area (Å²) in [4.78, 5) is 16.5. The number of carbonyl (C=O) groups excluding carboxylic acids is 1. The molecule has 0 bridgehead atoms. The molecule has 1 N–H and O–H groups in total. The second-order valence-electron chi connectivity index (χ2n) is 5.78. The Morgan fingerprint density at radius 2 is 2.09 bits per heavy atom. The van der Waals surface area contributed by atoms with E-state index in [-0.39, 0.29) is 17.8 Å². The summed E-state index contributed by atoms with van der Waals surface area (Å²) in [5.41, 5.74) is 0.884. The first-order chi connectivity index (χ1) is 10.7. The summed E-state index contributed by atoms with van der Waals surface area (Å²) in [5.74, 6) is 0.446. The molecule has 0 aliphatic carbocycles. The number of nitrogens with one attached hydrogen (secondary N) is 1. The number of halogens is 1. The number of nitrogens with zero attached hydrogens (tertiary/aromatic N) is 2. The molecule has 1 atom stereocenters. The molecule has 5 nitrogen and oxygen atoms in total. The van der Waals surface area contributed by atoms with Gasteiger partial charge in [-0.2, -0.15) is 0 Å². The van der Waals surface area contributed by atoms with Crippen molar-refractivity contribution in [2.75, 3.05) is 44.7 Å². The van der Waals surface area contributed by atoms with E-state index in [1.807, 2.05) is 4.90 Å². The molecule has 2 aliphatic heterocycles. The van der Waals surface area contributed by atoms with E-state index in [0.717, 1.165) is 38.2 Å². The largest absolute Gasteiger partial charge is 0.494 e. The molecule has 1 aromatic carbocycles. The molecular weight excluding hydrogens is 285 g/mol. The number of piperazine rings is 1. The highest BCUT2D eigenvalue weighted by atomic mass is 19.1. The fourth-order valence-corrected chi connectivity index (χ4v) is 3.20. The number of ether oxygens (including phenoxy) is 1. The van der Waals surface area contributed by atoms with E-state index in [4.69, 9.17) is 4.74 Å². The van der Waals surface area contributed by atoms with Crippen molar-refractivity contribution in [2.24, 2.45) is 0 Å². The van der Waals surface area contributed by atoms with Crippen LogP contribution >= 0.6 is 0 Å². The Labute approximate surface area is 130 Å². The van der Waals surface area contributed by atoms with Gasteiger partial charge in [0.2, 0.25) is 5.91 Å². The van der Waals surface area contributed by atoms with Crippen molar-refractivity contribution in [2.45, 2.75) is 18.9 Å². The van der Waals surface area contributed by atoms with E-state index in [9.17, 15) is 9.18 Å². The molecule has 0 spiro atoms. The number of benzene rings is 1. The second kappa shape index (κ2) is 6.52. The van der Waals surface area contributed by atoms with Gasteiger partial charge in [0.25, 0.3) is 0 Å². The molecular formula is C16H22FN3O2. The quantitative estimate of drug-likeness (QED) is 0.912. The van der Waals surface area contributed by atoms with Crippen LogP contribution in [-0.4, -0.2) is 56.7 Å². The highest BCUT2D eigenvalue weighted by molar-refractivity contribution is 5.82. The second-order valence-corrected chi connectivity index (χ2v) is 5.78. The summed E-state index contributed by atoms with van der Waals surface area (Å²) in [7, 11) is 1.55. The molecule has 0 saturated carbocycles. The lowest BCUT2D eigenvalue weighted by atomic mass is 10.1. The van der Waals surface area contributed by atoms with Crippen molar-refractivity contribution in [3.05, 3.63) is 24.0 Å². The van der Waals surface area contributed by atoms with E-state index < -0.39 is 0 Å². The Balaban J connectivity index is 1.63. The van der Waals surface area contributed by atoms with Crippen molar-refractivity contribution in [1.29, 1.82) is 0 Å². The maximum absolute atomic E-state index is 13.3. The molecule has 6 heteroatoms. The van der Waals surface area contributed by atoms with Gasteiger partial charge in [0.15, 0.2) is 0 Å². The molecule has 2 aliphatic rings. The van der Waals surface area contributed by atoms with Crippen LogP contribution in [0.3, 0.4) is 0 Å². The fraction of sp³-hybridized carbons (Fsp3) is 0.562. The summed E-state index contributed by atoms with van der Waals surface area (Å²) in [5, 5.41) is 3.25. The molecule has 0 aromatic heterocycles. The first-order valence-corrected chi connectivity index (χ1v) is 7.79. The maximum atomic E-state index is 13.3. The molecule has 120 valence electrons. The zero-order chi connectivity index (χ0) is 15.5. The van der Waals surface area contributed by atoms with Crippen molar-refractivity contribution in [3.8, 4) is 5.75 Å². The molecule has 2 saturated heterocycles. The minimum Gasteiger partial charge on any atom is -0.494 e. The van der Waals surface area contributed by atoms with Crippen LogP contribution in [0.5, 0.6) is 5.75 Å². The number of hydrogen-bond acceptors (Lipinski definition) is 4. The van der Waals surface area contributed by atoms with E-state index >= 15 is 0 Å². The minimum absolute atomic E-state index is 0.00749. The molecule has 3 rings (SSSR count). The lowest BCUT2D eigenvalue weighted by Crippen LogP contribution is -2.53. The van der Waals surface area contributed by atoms with Gasteiger partial charge >= 0.3 is 0 Å². The van der Waals surface area contributed by atoms with Gasteiger partial charge in [-0.1, -0.05) is 0 Å². The third-order valence-electron chi connectivity index (χ3n) is 4.43. The van der Waals surface area contributed by atoms with Crippen molar-refractivity contribution in [3.63, 3.8) is 0 Å². The molecule has 2 heterocycles. The van der Waals surface area contributed by atoms with Crippen LogP contribution in [0, 0.1) is 5.82 Å². The molecule has 1 unspecified atom stereocenters. The zero-order valence-electron chi connectivity index (χ0n) is 12.8. The first kappa shape index (κ1) is 15.1. The third-order valence-corrected chi connectivity index (χ3v) is 4.43. The fourth-order valence-electron chi connectivity index (χ4n) is 3.20. The minimum atomic E-state index is -0.304. The van der Waals surface area contributed by atoms with Crippen LogP contribution in [0.1, 0.15) is 12.8 Å². The highest BCUT2D eigenvalue weighted by Crippen LogP contribution is 2.29. The smallest absolute Gasteiger partial charge is 0.239 e. The van der Waals surface area contributed by atoms with E-state index in [1.54, 1.807) is 13.2 Å². The number of carbonyl (C=O) groups is 1. The Hall–Kier alpha value is -1.82. The highest BCUT2D eigenvalue weighted by Gasteiger charge is 2.29. The normalized spacial score (nSPS) is 22.0. The van der Waals surface area contributed by atoms with E-state index in [0.29, 0.717) is 18.8 Å². The summed E-state index contributed by atoms with van der Waals surface area (Å²) in [6, 6.07) is 4.57. The van der Waals surface area contributed by atoms with Crippen molar-refractivity contribution < 1.29 is 13.9 Å². The Kier molecular flexibility index (Phi) is 4.47. The van der Waals surface area contributed by atoms with Gasteiger partial charge in [-0.25, -0.2) is 4.39 Å². The standard InChI is InChI=1S/C16H22FN3O2/c1-22-15-11-12(17)4-5-14(15)19-7-9-20(10-8-19)16(21)13-3-2-6-18-13/h4-5,11,13,18H,2-3,6-10H2,1H3. The number of hydrogen-bond donors (Lipinski definition) is 1. The van der Waals surface area contributed by atoms with Crippen LogP contribution in [0.2, 0.25) is 0 Å².